The Bertz CT molecular complexity index is 979. The summed E-state index contributed by atoms with van der Waals surface area (Å²) in [7, 11) is 0. The molecule has 8 nitrogen and oxygen atoms in total. The monoisotopic (exact) mass is 383 g/mol. The van der Waals surface area contributed by atoms with Crippen molar-refractivity contribution in [3.8, 4) is 0 Å². The van der Waals surface area contributed by atoms with E-state index in [2.05, 4.69) is 20.3 Å². The molecule has 3 aromatic rings. The Balaban J connectivity index is 1.27. The van der Waals surface area contributed by atoms with Gasteiger partial charge < -0.3 is 24.7 Å². The van der Waals surface area contributed by atoms with Crippen LogP contribution in [0.15, 0.2) is 30.6 Å². The van der Waals surface area contributed by atoms with Crippen molar-refractivity contribution in [3.05, 3.63) is 47.8 Å². The summed E-state index contributed by atoms with van der Waals surface area (Å²) < 4.78 is 7.47. The lowest BCUT2D eigenvalue weighted by Gasteiger charge is -2.22. The molecule has 0 aliphatic heterocycles. The number of nitrogens with zero attached hydrogens (tertiary/aromatic N) is 3. The smallest absolute Gasteiger partial charge is 0.246 e. The van der Waals surface area contributed by atoms with Gasteiger partial charge in [0.1, 0.15) is 24.9 Å². The molecule has 1 aliphatic carbocycles. The lowest BCUT2D eigenvalue weighted by atomic mass is 10.1. The average Bonchev–Trinajstić information content (AvgIpc) is 3.34. The summed E-state index contributed by atoms with van der Waals surface area (Å²) in [4.78, 5) is 24.1. The fourth-order valence-corrected chi connectivity index (χ4v) is 3.89. The number of aliphatic hydroxyl groups is 1. The Kier molecular flexibility index (Phi) is 5.15. The van der Waals surface area contributed by atoms with Crippen molar-refractivity contribution in [3.63, 3.8) is 0 Å². The fraction of sp³-hybridized carbons (Fsp3) is 0.450. The normalized spacial score (nSPS) is 22.0. The summed E-state index contributed by atoms with van der Waals surface area (Å²) >= 11 is 0. The number of hydrogen-bond acceptors (Lipinski definition) is 5. The molecular weight excluding hydrogens is 358 g/mol. The Morgan fingerprint density at radius 3 is 3.04 bits per heavy atom. The van der Waals surface area contributed by atoms with Crippen LogP contribution in [0, 0.1) is 13.8 Å². The van der Waals surface area contributed by atoms with Crippen LogP contribution in [0.2, 0.25) is 0 Å². The maximum absolute atomic E-state index is 12.2. The molecule has 148 valence electrons. The van der Waals surface area contributed by atoms with E-state index in [0.717, 1.165) is 35.3 Å². The van der Waals surface area contributed by atoms with Gasteiger partial charge in [-0.2, -0.15) is 0 Å². The third-order valence-electron chi connectivity index (χ3n) is 5.30. The van der Waals surface area contributed by atoms with Gasteiger partial charge in [0, 0.05) is 12.4 Å². The zero-order valence-corrected chi connectivity index (χ0v) is 16.1. The van der Waals surface area contributed by atoms with E-state index in [1.165, 1.54) is 0 Å². The number of carbonyl (C=O) groups is 1. The van der Waals surface area contributed by atoms with Crippen LogP contribution in [0.5, 0.6) is 0 Å². The molecule has 0 bridgehead atoms. The fourth-order valence-electron chi connectivity index (χ4n) is 3.89. The van der Waals surface area contributed by atoms with Crippen LogP contribution >= 0.6 is 0 Å². The number of hydrogen-bond donors (Lipinski definition) is 3. The number of nitrogens with one attached hydrogen (secondary N) is 2. The van der Waals surface area contributed by atoms with Gasteiger partial charge in [0.15, 0.2) is 0 Å². The lowest BCUT2D eigenvalue weighted by Crippen LogP contribution is -2.43. The van der Waals surface area contributed by atoms with Gasteiger partial charge in [0.05, 0.1) is 29.2 Å². The van der Waals surface area contributed by atoms with E-state index in [1.54, 1.807) is 6.20 Å². The molecule has 0 spiro atoms. The Hall–Kier alpha value is -2.71. The number of aliphatic hydroxyl groups excluding tert-OH is 1. The van der Waals surface area contributed by atoms with Gasteiger partial charge in [-0.3, -0.25) is 4.79 Å². The van der Waals surface area contributed by atoms with Gasteiger partial charge in [-0.15, -0.1) is 0 Å². The van der Waals surface area contributed by atoms with E-state index < -0.39 is 6.10 Å². The SMILES string of the molecule is Cc1ccc2nc(COCC(=O)N[C@@H]3CC[C@@H](n4ccnc4C)[C@@H]3O)[nH]c2c1. The molecule has 1 aliphatic rings. The second-order valence-electron chi connectivity index (χ2n) is 7.39. The van der Waals surface area contributed by atoms with Gasteiger partial charge in [-0.25, -0.2) is 9.97 Å². The Morgan fingerprint density at radius 2 is 2.25 bits per heavy atom. The van der Waals surface area contributed by atoms with Crippen molar-refractivity contribution in [2.24, 2.45) is 0 Å². The Labute approximate surface area is 163 Å². The zero-order valence-electron chi connectivity index (χ0n) is 16.1. The minimum absolute atomic E-state index is 0.0623. The number of rotatable bonds is 6. The first-order valence-corrected chi connectivity index (χ1v) is 9.51. The molecule has 1 amide bonds. The molecule has 1 aromatic carbocycles. The van der Waals surface area contributed by atoms with Crippen LogP contribution < -0.4 is 5.32 Å². The number of fused-ring (bicyclic) bond motifs is 1. The van der Waals surface area contributed by atoms with Gasteiger partial charge >= 0.3 is 0 Å². The van der Waals surface area contributed by atoms with Gasteiger partial charge in [0.2, 0.25) is 5.91 Å². The molecule has 2 heterocycles. The van der Waals surface area contributed by atoms with Crippen LogP contribution in [-0.4, -0.2) is 49.3 Å². The predicted octanol–water partition coefficient (Wildman–Crippen LogP) is 1.77. The molecule has 1 fully saturated rings. The van der Waals surface area contributed by atoms with Gasteiger partial charge in [-0.1, -0.05) is 6.07 Å². The Morgan fingerprint density at radius 1 is 1.39 bits per heavy atom. The molecule has 1 saturated carbocycles. The van der Waals surface area contributed by atoms with Crippen LogP contribution in [0.1, 0.15) is 36.1 Å². The number of aromatic nitrogens is 4. The highest BCUT2D eigenvalue weighted by Crippen LogP contribution is 2.31. The summed E-state index contributed by atoms with van der Waals surface area (Å²) in [5.74, 6) is 1.31. The largest absolute Gasteiger partial charge is 0.389 e. The van der Waals surface area contributed by atoms with E-state index in [0.29, 0.717) is 5.82 Å². The number of imidazole rings is 2. The number of ether oxygens (including phenoxy) is 1. The van der Waals surface area contributed by atoms with E-state index in [1.807, 2.05) is 42.8 Å². The minimum atomic E-state index is -0.643. The summed E-state index contributed by atoms with van der Waals surface area (Å²) in [5, 5.41) is 13.5. The zero-order chi connectivity index (χ0) is 19.7. The highest BCUT2D eigenvalue weighted by atomic mass is 16.5. The van der Waals surface area contributed by atoms with E-state index in [-0.39, 0.29) is 31.2 Å². The number of H-pyrrole nitrogens is 1. The van der Waals surface area contributed by atoms with Crippen molar-refractivity contribution in [2.75, 3.05) is 6.61 Å². The number of carbonyl (C=O) groups excluding carboxylic acids is 1. The topological polar surface area (TPSA) is 105 Å². The number of aryl methyl sites for hydroxylation is 2. The van der Waals surface area contributed by atoms with Crippen LogP contribution in [0.25, 0.3) is 11.0 Å². The van der Waals surface area contributed by atoms with Crippen LogP contribution in [0.4, 0.5) is 0 Å². The molecule has 0 saturated heterocycles. The van der Waals surface area contributed by atoms with Crippen LogP contribution in [0.3, 0.4) is 0 Å². The lowest BCUT2D eigenvalue weighted by molar-refractivity contribution is -0.127. The van der Waals surface area contributed by atoms with Crippen molar-refractivity contribution in [1.82, 2.24) is 24.8 Å². The molecule has 3 atom stereocenters. The number of amides is 1. The van der Waals surface area contributed by atoms with E-state index >= 15 is 0 Å². The molecule has 2 aromatic heterocycles. The predicted molar refractivity (Wildman–Crippen MR) is 104 cm³/mol. The van der Waals surface area contributed by atoms with Gasteiger partial charge in [-0.05, 0) is 44.4 Å². The standard InChI is InChI=1S/C20H25N5O3/c1-12-3-4-14-16(9-12)23-18(22-14)10-28-11-19(26)24-15-5-6-17(20(15)27)25-8-7-21-13(25)2/h3-4,7-9,15,17,20,27H,5-6,10-11H2,1-2H3,(H,22,23)(H,24,26)/t15-,17-,20-/m1/s1. The van der Waals surface area contributed by atoms with E-state index in [4.69, 9.17) is 4.74 Å². The van der Waals surface area contributed by atoms with E-state index in [9.17, 15) is 9.90 Å². The first-order chi connectivity index (χ1) is 13.5. The molecule has 0 unspecified atom stereocenters. The summed E-state index contributed by atoms with van der Waals surface area (Å²) in [5.41, 5.74) is 2.99. The highest BCUT2D eigenvalue weighted by molar-refractivity contribution is 5.77. The van der Waals surface area contributed by atoms with Gasteiger partial charge in [0.25, 0.3) is 0 Å². The summed E-state index contributed by atoms with van der Waals surface area (Å²) in [6.45, 7) is 4.09. The quantitative estimate of drug-likeness (QED) is 0.602. The molecule has 0 radical (unpaired) electrons. The van der Waals surface area contributed by atoms with Crippen LogP contribution in [-0.2, 0) is 16.1 Å². The number of aromatic amines is 1. The third-order valence-corrected chi connectivity index (χ3v) is 5.30. The molecule has 4 rings (SSSR count). The minimum Gasteiger partial charge on any atom is -0.389 e. The maximum Gasteiger partial charge on any atom is 0.246 e. The summed E-state index contributed by atoms with van der Waals surface area (Å²) in [6.07, 6.45) is 4.46. The molecule has 28 heavy (non-hydrogen) atoms. The summed E-state index contributed by atoms with van der Waals surface area (Å²) in [6, 6.07) is 5.65. The second kappa shape index (κ2) is 7.73. The molecular formula is C20H25N5O3. The second-order valence-corrected chi connectivity index (χ2v) is 7.39. The molecule has 8 heteroatoms. The van der Waals surface area contributed by atoms with Crippen molar-refractivity contribution in [2.45, 2.75) is 51.5 Å². The van der Waals surface area contributed by atoms with Crippen molar-refractivity contribution >= 4 is 16.9 Å². The first kappa shape index (κ1) is 18.6. The van der Waals surface area contributed by atoms with Crippen molar-refractivity contribution in [1.29, 1.82) is 0 Å². The number of benzene rings is 1. The first-order valence-electron chi connectivity index (χ1n) is 9.51. The average molecular weight is 383 g/mol. The molecule has 3 N–H and O–H groups in total. The highest BCUT2D eigenvalue weighted by Gasteiger charge is 2.37. The van der Waals surface area contributed by atoms with Crippen molar-refractivity contribution < 1.29 is 14.6 Å². The third kappa shape index (κ3) is 3.79. The maximum atomic E-state index is 12.2.